The van der Waals surface area contributed by atoms with Crippen LogP contribution in [-0.4, -0.2) is 111 Å². The van der Waals surface area contributed by atoms with E-state index in [0.717, 1.165) is 6.92 Å². The van der Waals surface area contributed by atoms with Crippen molar-refractivity contribution in [1.29, 1.82) is 0 Å². The van der Waals surface area contributed by atoms with Crippen LogP contribution in [0, 0.1) is 11.8 Å². The summed E-state index contributed by atoms with van der Waals surface area (Å²) in [6.07, 6.45) is -3.50. The van der Waals surface area contributed by atoms with E-state index in [9.17, 15) is 48.9 Å². The van der Waals surface area contributed by atoms with E-state index in [-0.39, 0.29) is 24.7 Å². The number of rotatable bonds is 20. The summed E-state index contributed by atoms with van der Waals surface area (Å²) in [4.78, 5) is 86.4. The number of aliphatic hydroxyl groups is 2. The van der Waals surface area contributed by atoms with Crippen LogP contribution in [0.15, 0.2) is 0 Å². The molecule has 0 aromatic carbocycles. The normalized spacial score (nSPS) is 16.0. The van der Waals surface area contributed by atoms with Crippen LogP contribution in [0.5, 0.6) is 0 Å². The smallest absolute Gasteiger partial charge is 0.326 e. The van der Waals surface area contributed by atoms with Crippen molar-refractivity contribution < 1.29 is 54.0 Å². The topological polar surface area (TPSA) is 287 Å². The molecule has 252 valence electrons. The lowest BCUT2D eigenvalue weighted by Crippen LogP contribution is -2.60. The van der Waals surface area contributed by atoms with Crippen molar-refractivity contribution in [2.45, 2.75) is 110 Å². The summed E-state index contributed by atoms with van der Waals surface area (Å²) in [5.41, 5.74) is 5.48. The Morgan fingerprint density at radius 1 is 0.636 bits per heavy atom. The first-order valence-electron chi connectivity index (χ1n) is 14.3. The Kier molecular flexibility index (Phi) is 17.8. The van der Waals surface area contributed by atoms with Gasteiger partial charge in [-0.05, 0) is 44.9 Å². The van der Waals surface area contributed by atoms with E-state index < -0.39 is 103 Å². The zero-order valence-electron chi connectivity index (χ0n) is 26.0. The van der Waals surface area contributed by atoms with Gasteiger partial charge in [-0.2, -0.15) is 0 Å². The molecule has 17 heteroatoms. The Bertz CT molecular complexity index is 1020. The highest BCUT2D eigenvalue weighted by Gasteiger charge is 2.33. The first-order valence-corrected chi connectivity index (χ1v) is 14.3. The van der Waals surface area contributed by atoms with E-state index in [1.54, 1.807) is 27.7 Å². The molecule has 0 aromatic rings. The van der Waals surface area contributed by atoms with E-state index in [4.69, 9.17) is 10.8 Å². The Morgan fingerprint density at radius 2 is 1.11 bits per heavy atom. The first-order chi connectivity index (χ1) is 20.3. The summed E-state index contributed by atoms with van der Waals surface area (Å²) >= 11 is 0. The number of nitrogens with one attached hydrogen (secondary N) is 5. The molecular weight excluding hydrogens is 584 g/mol. The number of hydrogen-bond donors (Lipinski definition) is 10. The van der Waals surface area contributed by atoms with Gasteiger partial charge in [0, 0.05) is 6.42 Å². The molecule has 0 heterocycles. The monoisotopic (exact) mass is 632 g/mol. The minimum atomic E-state index is -1.65. The van der Waals surface area contributed by atoms with E-state index in [1.807, 2.05) is 0 Å². The van der Waals surface area contributed by atoms with Gasteiger partial charge >= 0.3 is 11.9 Å². The number of hydrogen-bond acceptors (Lipinski definition) is 10. The molecule has 7 atom stereocenters. The molecule has 44 heavy (non-hydrogen) atoms. The molecule has 0 fully saturated rings. The number of carbonyl (C=O) groups is 7. The van der Waals surface area contributed by atoms with Gasteiger partial charge in [-0.25, -0.2) is 4.79 Å². The van der Waals surface area contributed by atoms with Gasteiger partial charge in [0.2, 0.25) is 29.5 Å². The summed E-state index contributed by atoms with van der Waals surface area (Å²) in [6, 6.07) is -6.95. The molecule has 0 aliphatic carbocycles. The Hall–Kier alpha value is -3.83. The fraction of sp³-hybridized carbons (Fsp3) is 0.741. The molecule has 0 saturated carbocycles. The predicted octanol–water partition coefficient (Wildman–Crippen LogP) is -2.83. The highest BCUT2D eigenvalue weighted by Crippen LogP contribution is 2.10. The number of carboxylic acids is 2. The lowest BCUT2D eigenvalue weighted by Gasteiger charge is -2.27. The zero-order valence-corrected chi connectivity index (χ0v) is 26.0. The van der Waals surface area contributed by atoms with E-state index in [0.29, 0.717) is 0 Å². The molecule has 0 radical (unpaired) electrons. The third-order valence-corrected chi connectivity index (χ3v) is 6.27. The minimum absolute atomic E-state index is 0.0643. The van der Waals surface area contributed by atoms with Gasteiger partial charge in [-0.15, -0.1) is 0 Å². The maximum absolute atomic E-state index is 13.3. The Labute approximate surface area is 256 Å². The maximum Gasteiger partial charge on any atom is 0.326 e. The van der Waals surface area contributed by atoms with Crippen LogP contribution in [0.4, 0.5) is 0 Å². The van der Waals surface area contributed by atoms with E-state index in [2.05, 4.69) is 26.6 Å². The summed E-state index contributed by atoms with van der Waals surface area (Å²) in [5.74, 6) is -7.34. The van der Waals surface area contributed by atoms with Gasteiger partial charge in [0.1, 0.15) is 30.2 Å². The van der Waals surface area contributed by atoms with Crippen molar-refractivity contribution >= 4 is 41.5 Å². The standard InChI is InChI=1S/C27H48N6O11/c1-12(2)9-17(24(40)32-18(27(43)44)10-13(3)4)31-23(39)16(7-8-20(37)38)30-26(42)22(15(6)35)33-19(36)11-29-25(41)21(28)14(5)34/h12-18,21-22,34-35H,7-11,28H2,1-6H3,(H,29,41)(H,30,42)(H,31,39)(H,32,40)(H,33,36)(H,37,38)(H,43,44)/t14-,15-,16+,17+,18+,21+,22+/m1/s1. The number of nitrogens with two attached hydrogens (primary N) is 1. The third-order valence-electron chi connectivity index (χ3n) is 6.27. The Morgan fingerprint density at radius 3 is 1.57 bits per heavy atom. The van der Waals surface area contributed by atoms with Crippen molar-refractivity contribution in [1.82, 2.24) is 26.6 Å². The molecule has 0 aromatic heterocycles. The van der Waals surface area contributed by atoms with E-state index >= 15 is 0 Å². The zero-order chi connectivity index (χ0) is 34.3. The molecule has 0 rings (SSSR count). The van der Waals surface area contributed by atoms with Crippen molar-refractivity contribution in [2.24, 2.45) is 17.6 Å². The summed E-state index contributed by atoms with van der Waals surface area (Å²) in [6.45, 7) is 8.84. The largest absolute Gasteiger partial charge is 0.481 e. The highest BCUT2D eigenvalue weighted by molar-refractivity contribution is 5.96. The quantitative estimate of drug-likeness (QED) is 0.0650. The fourth-order valence-corrected chi connectivity index (χ4v) is 3.87. The second-order valence-electron chi connectivity index (χ2n) is 11.5. The lowest BCUT2D eigenvalue weighted by molar-refractivity contribution is -0.143. The first kappa shape index (κ1) is 40.2. The number of amides is 5. The maximum atomic E-state index is 13.3. The van der Waals surface area contributed by atoms with Crippen LogP contribution in [0.3, 0.4) is 0 Å². The molecular formula is C27H48N6O11. The molecule has 5 amide bonds. The second-order valence-corrected chi connectivity index (χ2v) is 11.5. The number of carbonyl (C=O) groups excluding carboxylic acids is 5. The molecule has 11 N–H and O–H groups in total. The summed E-state index contributed by atoms with van der Waals surface area (Å²) in [5, 5.41) is 49.7. The van der Waals surface area contributed by atoms with Gasteiger partial charge in [-0.1, -0.05) is 27.7 Å². The average Bonchev–Trinajstić information content (AvgIpc) is 2.90. The van der Waals surface area contributed by atoms with Crippen molar-refractivity contribution in [3.05, 3.63) is 0 Å². The molecule has 0 aliphatic heterocycles. The van der Waals surface area contributed by atoms with Gasteiger partial charge in [0.15, 0.2) is 0 Å². The van der Waals surface area contributed by atoms with Crippen LogP contribution >= 0.6 is 0 Å². The SMILES string of the molecule is CC(C)C[C@H](NC(=O)[C@H](CC(C)C)NC(=O)[C@H](CCC(=O)O)NC(=O)[C@@H](NC(=O)CNC(=O)[C@@H](N)[C@@H](C)O)[C@@H](C)O)C(=O)O. The van der Waals surface area contributed by atoms with Gasteiger partial charge in [0.25, 0.3) is 0 Å². The number of aliphatic carboxylic acids is 2. The highest BCUT2D eigenvalue weighted by atomic mass is 16.4. The van der Waals surface area contributed by atoms with Gasteiger partial charge in [-0.3, -0.25) is 28.8 Å². The minimum Gasteiger partial charge on any atom is -0.481 e. The van der Waals surface area contributed by atoms with Crippen molar-refractivity contribution in [2.75, 3.05) is 6.54 Å². The van der Waals surface area contributed by atoms with Crippen LogP contribution < -0.4 is 32.3 Å². The molecule has 0 bridgehead atoms. The van der Waals surface area contributed by atoms with Gasteiger partial charge < -0.3 is 52.7 Å². The summed E-state index contributed by atoms with van der Waals surface area (Å²) in [7, 11) is 0. The summed E-state index contributed by atoms with van der Waals surface area (Å²) < 4.78 is 0. The molecule has 0 saturated heterocycles. The van der Waals surface area contributed by atoms with Crippen LogP contribution in [-0.2, 0) is 33.6 Å². The van der Waals surface area contributed by atoms with Crippen molar-refractivity contribution in [3.8, 4) is 0 Å². The van der Waals surface area contributed by atoms with Crippen LogP contribution in [0.25, 0.3) is 0 Å². The molecule has 0 aliphatic rings. The van der Waals surface area contributed by atoms with Crippen LogP contribution in [0.2, 0.25) is 0 Å². The molecule has 0 unspecified atom stereocenters. The fourth-order valence-electron chi connectivity index (χ4n) is 3.87. The predicted molar refractivity (Wildman–Crippen MR) is 155 cm³/mol. The lowest BCUT2D eigenvalue weighted by atomic mass is 10.00. The number of aliphatic hydroxyl groups excluding tert-OH is 2. The van der Waals surface area contributed by atoms with Gasteiger partial charge in [0.05, 0.1) is 18.8 Å². The average molecular weight is 633 g/mol. The third kappa shape index (κ3) is 15.6. The van der Waals surface area contributed by atoms with Crippen LogP contribution in [0.1, 0.15) is 67.2 Å². The molecule has 0 spiro atoms. The van der Waals surface area contributed by atoms with E-state index in [1.165, 1.54) is 6.92 Å². The van der Waals surface area contributed by atoms with Crippen molar-refractivity contribution in [3.63, 3.8) is 0 Å². The molecule has 17 nitrogen and oxygen atoms in total. The number of carboxylic acid groups (broad SMARTS) is 2. The second kappa shape index (κ2) is 19.4. The Balaban J connectivity index is 5.80.